The van der Waals surface area contributed by atoms with Crippen molar-refractivity contribution in [2.24, 2.45) is 0 Å². The number of methoxy groups -OCH3 is 1. The van der Waals surface area contributed by atoms with Crippen molar-refractivity contribution in [3.8, 4) is 0 Å². The molecular formula is C13H17NO4S. The lowest BCUT2D eigenvalue weighted by Gasteiger charge is -2.19. The van der Waals surface area contributed by atoms with Gasteiger partial charge in [-0.25, -0.2) is 4.79 Å². The summed E-state index contributed by atoms with van der Waals surface area (Å²) in [4.78, 5) is 24.6. The fraction of sp³-hybridized carbons (Fsp3) is 0.385. The van der Waals surface area contributed by atoms with Gasteiger partial charge < -0.3 is 14.7 Å². The first kappa shape index (κ1) is 15.4. The molecule has 1 rings (SSSR count). The lowest BCUT2D eigenvalue weighted by molar-refractivity contribution is -0.140. The number of nitrogens with zero attached hydrogens (tertiary/aromatic N) is 1. The highest BCUT2D eigenvalue weighted by Crippen LogP contribution is 2.18. The van der Waals surface area contributed by atoms with E-state index in [4.69, 9.17) is 9.84 Å². The average Bonchev–Trinajstić information content (AvgIpc) is 2.82. The molecule has 1 heterocycles. The maximum Gasteiger partial charge on any atom is 0.328 e. The molecule has 1 N–H and O–H groups in total. The van der Waals surface area contributed by atoms with E-state index >= 15 is 0 Å². The Kier molecular flexibility index (Phi) is 5.72. The number of likely N-dealkylation sites (N-methyl/N-ethyl adjacent to an activating group) is 1. The molecule has 0 saturated carbocycles. The van der Waals surface area contributed by atoms with Crippen LogP contribution in [-0.4, -0.2) is 42.1 Å². The number of hydrogen-bond donors (Lipinski definition) is 1. The van der Waals surface area contributed by atoms with E-state index in [0.717, 1.165) is 16.5 Å². The summed E-state index contributed by atoms with van der Waals surface area (Å²) >= 11 is 1.44. The van der Waals surface area contributed by atoms with E-state index in [9.17, 15) is 9.59 Å². The Hall–Kier alpha value is -1.66. The summed E-state index contributed by atoms with van der Waals surface area (Å²) < 4.78 is 4.98. The van der Waals surface area contributed by atoms with E-state index in [1.54, 1.807) is 18.9 Å². The number of ether oxygens (including phenoxy) is 1. The van der Waals surface area contributed by atoms with Crippen LogP contribution in [-0.2, 0) is 20.9 Å². The summed E-state index contributed by atoms with van der Waals surface area (Å²) in [5.41, 5.74) is 0.967. The highest BCUT2D eigenvalue weighted by molar-refractivity contribution is 7.11. The van der Waals surface area contributed by atoms with Gasteiger partial charge in [0.1, 0.15) is 6.10 Å². The molecule has 0 aliphatic rings. The van der Waals surface area contributed by atoms with Crippen molar-refractivity contribution in [3.63, 3.8) is 0 Å². The predicted octanol–water partition coefficient (Wildman–Crippen LogP) is 1.84. The van der Waals surface area contributed by atoms with Gasteiger partial charge in [0, 0.05) is 31.7 Å². The minimum absolute atomic E-state index is 0.0867. The molecule has 1 amide bonds. The van der Waals surface area contributed by atoms with Crippen LogP contribution in [0.3, 0.4) is 0 Å². The number of carbonyl (C=O) groups is 2. The predicted molar refractivity (Wildman–Crippen MR) is 73.9 cm³/mol. The minimum atomic E-state index is -0.976. The van der Waals surface area contributed by atoms with Crippen LogP contribution in [0.5, 0.6) is 0 Å². The Morgan fingerprint density at radius 1 is 1.58 bits per heavy atom. The molecule has 6 heteroatoms. The van der Waals surface area contributed by atoms with Gasteiger partial charge in [-0.1, -0.05) is 0 Å². The van der Waals surface area contributed by atoms with Gasteiger partial charge in [0.2, 0.25) is 0 Å². The van der Waals surface area contributed by atoms with E-state index in [2.05, 4.69) is 0 Å². The Morgan fingerprint density at radius 2 is 2.26 bits per heavy atom. The highest BCUT2D eigenvalue weighted by Gasteiger charge is 2.17. The summed E-state index contributed by atoms with van der Waals surface area (Å²) in [5.74, 6) is -1.06. The molecule has 1 atom stereocenters. The van der Waals surface area contributed by atoms with Crippen molar-refractivity contribution in [2.75, 3.05) is 14.2 Å². The van der Waals surface area contributed by atoms with Crippen molar-refractivity contribution >= 4 is 29.3 Å². The Labute approximate surface area is 116 Å². The fourth-order valence-corrected chi connectivity index (χ4v) is 2.28. The molecule has 0 spiro atoms. The Balaban J connectivity index is 2.63. The van der Waals surface area contributed by atoms with E-state index < -0.39 is 12.1 Å². The normalized spacial score (nSPS) is 12.6. The fourth-order valence-electron chi connectivity index (χ4n) is 1.48. The maximum absolute atomic E-state index is 11.8. The summed E-state index contributed by atoms with van der Waals surface area (Å²) in [7, 11) is 3.21. The molecule has 5 nitrogen and oxygen atoms in total. The maximum atomic E-state index is 11.8. The van der Waals surface area contributed by atoms with E-state index in [1.165, 1.54) is 24.5 Å². The van der Waals surface area contributed by atoms with Crippen LogP contribution in [0.1, 0.15) is 17.4 Å². The van der Waals surface area contributed by atoms with Gasteiger partial charge >= 0.3 is 5.97 Å². The van der Waals surface area contributed by atoms with Crippen molar-refractivity contribution in [1.29, 1.82) is 0 Å². The molecular weight excluding hydrogens is 266 g/mol. The topological polar surface area (TPSA) is 66.8 Å². The SMILES string of the molecule is COC(C)C(=O)N(C)Cc1csc(/C=C/C(=O)O)c1. The third kappa shape index (κ3) is 4.84. The molecule has 0 aliphatic heterocycles. The molecule has 0 radical (unpaired) electrons. The molecule has 19 heavy (non-hydrogen) atoms. The zero-order valence-electron chi connectivity index (χ0n) is 11.1. The van der Waals surface area contributed by atoms with Gasteiger partial charge in [-0.05, 0) is 30.0 Å². The average molecular weight is 283 g/mol. The third-order valence-corrected chi connectivity index (χ3v) is 3.51. The molecule has 0 fully saturated rings. The molecule has 1 aromatic heterocycles. The minimum Gasteiger partial charge on any atom is -0.478 e. The summed E-state index contributed by atoms with van der Waals surface area (Å²) in [6, 6.07) is 1.87. The van der Waals surface area contributed by atoms with E-state index in [1.807, 2.05) is 11.4 Å². The molecule has 1 aromatic rings. The second-order valence-corrected chi connectivity index (χ2v) is 5.04. The van der Waals surface area contributed by atoms with Crippen molar-refractivity contribution in [1.82, 2.24) is 4.90 Å². The van der Waals surface area contributed by atoms with Crippen molar-refractivity contribution in [2.45, 2.75) is 19.6 Å². The van der Waals surface area contributed by atoms with E-state index in [-0.39, 0.29) is 5.91 Å². The molecule has 0 aliphatic carbocycles. The first-order chi connectivity index (χ1) is 8.93. The van der Waals surface area contributed by atoms with Crippen molar-refractivity contribution in [3.05, 3.63) is 28.0 Å². The number of aliphatic carboxylic acids is 1. The summed E-state index contributed by atoms with van der Waals surface area (Å²) in [5, 5.41) is 10.4. The van der Waals surface area contributed by atoms with Gasteiger partial charge in [0.15, 0.2) is 0 Å². The smallest absolute Gasteiger partial charge is 0.328 e. The second-order valence-electron chi connectivity index (χ2n) is 4.10. The van der Waals surface area contributed by atoms with Gasteiger partial charge in [-0.15, -0.1) is 11.3 Å². The van der Waals surface area contributed by atoms with Crippen LogP contribution in [0, 0.1) is 0 Å². The zero-order chi connectivity index (χ0) is 14.4. The molecule has 1 unspecified atom stereocenters. The summed E-state index contributed by atoms with van der Waals surface area (Å²) in [6.07, 6.45) is 2.17. The zero-order valence-corrected chi connectivity index (χ0v) is 11.9. The lowest BCUT2D eigenvalue weighted by Crippen LogP contribution is -2.35. The quantitative estimate of drug-likeness (QED) is 0.809. The van der Waals surface area contributed by atoms with Crippen LogP contribution in [0.25, 0.3) is 6.08 Å². The van der Waals surface area contributed by atoms with Crippen LogP contribution < -0.4 is 0 Å². The largest absolute Gasteiger partial charge is 0.478 e. The number of carbonyl (C=O) groups excluding carboxylic acids is 1. The number of carboxylic acids is 1. The van der Waals surface area contributed by atoms with Gasteiger partial charge in [-0.2, -0.15) is 0 Å². The number of amides is 1. The van der Waals surface area contributed by atoms with Gasteiger partial charge in [-0.3, -0.25) is 4.79 Å². The van der Waals surface area contributed by atoms with Crippen LogP contribution in [0.4, 0.5) is 0 Å². The number of carboxylic acid groups (broad SMARTS) is 1. The van der Waals surface area contributed by atoms with Gasteiger partial charge in [0.05, 0.1) is 0 Å². The highest BCUT2D eigenvalue weighted by atomic mass is 32.1. The summed E-state index contributed by atoms with van der Waals surface area (Å²) in [6.45, 7) is 2.18. The molecule has 0 aromatic carbocycles. The van der Waals surface area contributed by atoms with Crippen LogP contribution in [0.15, 0.2) is 17.5 Å². The molecule has 0 saturated heterocycles. The van der Waals surface area contributed by atoms with E-state index in [0.29, 0.717) is 6.54 Å². The first-order valence-electron chi connectivity index (χ1n) is 5.70. The van der Waals surface area contributed by atoms with Crippen LogP contribution in [0.2, 0.25) is 0 Å². The standard InChI is InChI=1S/C13H17NO4S/c1-9(18-3)13(17)14(2)7-10-6-11(19-8-10)4-5-12(15)16/h4-6,8-9H,7H2,1-3H3,(H,15,16)/b5-4+. The van der Waals surface area contributed by atoms with Gasteiger partial charge in [0.25, 0.3) is 5.91 Å². The number of hydrogen-bond acceptors (Lipinski definition) is 4. The monoisotopic (exact) mass is 283 g/mol. The first-order valence-corrected chi connectivity index (χ1v) is 6.58. The van der Waals surface area contributed by atoms with Crippen LogP contribution >= 0.6 is 11.3 Å². The Bertz CT molecular complexity index is 481. The molecule has 0 bridgehead atoms. The molecule has 104 valence electrons. The van der Waals surface area contributed by atoms with Crippen molar-refractivity contribution < 1.29 is 19.4 Å². The number of thiophene rings is 1. The third-order valence-electron chi connectivity index (χ3n) is 2.56. The second kappa shape index (κ2) is 7.06. The Morgan fingerprint density at radius 3 is 2.84 bits per heavy atom. The number of rotatable bonds is 6. The lowest BCUT2D eigenvalue weighted by atomic mass is 10.2.